The number of benzene rings is 2. The topological polar surface area (TPSA) is 73.6 Å². The summed E-state index contributed by atoms with van der Waals surface area (Å²) in [6, 6.07) is 15.6. The molecule has 0 bridgehead atoms. The molecular formula is C15H11N3S. The molecule has 0 heterocycles. The van der Waals surface area contributed by atoms with Crippen molar-refractivity contribution in [2.75, 3.05) is 12.0 Å². The molecule has 2 aromatic rings. The van der Waals surface area contributed by atoms with Gasteiger partial charge in [0.05, 0.1) is 16.8 Å². The van der Waals surface area contributed by atoms with Gasteiger partial charge in [-0.1, -0.05) is 30.3 Å². The number of nitrogen functional groups attached to an aromatic ring is 1. The van der Waals surface area contributed by atoms with Crippen LogP contribution >= 0.6 is 11.8 Å². The van der Waals surface area contributed by atoms with Crippen molar-refractivity contribution in [3.8, 4) is 23.3 Å². The Hall–Kier alpha value is -2.43. The van der Waals surface area contributed by atoms with Crippen molar-refractivity contribution in [3.63, 3.8) is 0 Å². The Bertz CT molecular complexity index is 694. The fourth-order valence-electron chi connectivity index (χ4n) is 1.92. The van der Waals surface area contributed by atoms with E-state index in [9.17, 15) is 5.26 Å². The van der Waals surface area contributed by atoms with E-state index in [2.05, 4.69) is 12.1 Å². The van der Waals surface area contributed by atoms with Crippen molar-refractivity contribution in [2.24, 2.45) is 0 Å². The Morgan fingerprint density at radius 2 is 1.68 bits per heavy atom. The predicted molar refractivity (Wildman–Crippen MR) is 77.5 cm³/mol. The van der Waals surface area contributed by atoms with E-state index in [4.69, 9.17) is 11.0 Å². The van der Waals surface area contributed by atoms with Gasteiger partial charge in [-0.05, 0) is 17.9 Å². The molecule has 2 aromatic carbocycles. The van der Waals surface area contributed by atoms with Gasteiger partial charge in [0.25, 0.3) is 0 Å². The first kappa shape index (κ1) is 13.0. The van der Waals surface area contributed by atoms with Crippen LogP contribution < -0.4 is 5.73 Å². The zero-order chi connectivity index (χ0) is 13.8. The van der Waals surface area contributed by atoms with Crippen molar-refractivity contribution in [1.29, 1.82) is 10.5 Å². The molecule has 4 heteroatoms. The molecular weight excluding hydrogens is 254 g/mol. The summed E-state index contributed by atoms with van der Waals surface area (Å²) < 4.78 is 0. The molecule has 0 saturated heterocycles. The van der Waals surface area contributed by atoms with Crippen LogP contribution in [0.15, 0.2) is 41.3 Å². The van der Waals surface area contributed by atoms with Gasteiger partial charge in [-0.15, -0.1) is 11.8 Å². The summed E-state index contributed by atoms with van der Waals surface area (Å²) in [5.41, 5.74) is 8.65. The van der Waals surface area contributed by atoms with E-state index in [0.717, 1.165) is 16.0 Å². The highest BCUT2D eigenvalue weighted by atomic mass is 32.2. The third-order valence-electron chi connectivity index (χ3n) is 2.86. The minimum Gasteiger partial charge on any atom is -0.397 e. The van der Waals surface area contributed by atoms with Gasteiger partial charge in [0.15, 0.2) is 0 Å². The van der Waals surface area contributed by atoms with Gasteiger partial charge in [0.2, 0.25) is 0 Å². The van der Waals surface area contributed by atoms with Crippen molar-refractivity contribution >= 4 is 17.4 Å². The lowest BCUT2D eigenvalue weighted by Gasteiger charge is -2.11. The van der Waals surface area contributed by atoms with Crippen LogP contribution in [-0.4, -0.2) is 6.26 Å². The highest BCUT2D eigenvalue weighted by Crippen LogP contribution is 2.35. The standard InChI is InChI=1S/C15H11N3S/c1-19-14-7-11(10-5-3-2-4-6-10)12(8-16)15(18)13(14)9-17/h2-7H,18H2,1H3. The molecule has 0 aliphatic heterocycles. The molecule has 0 amide bonds. The highest BCUT2D eigenvalue weighted by molar-refractivity contribution is 7.98. The highest BCUT2D eigenvalue weighted by Gasteiger charge is 2.16. The molecule has 0 aliphatic rings. The Labute approximate surface area is 116 Å². The van der Waals surface area contributed by atoms with Crippen LogP contribution in [-0.2, 0) is 0 Å². The van der Waals surface area contributed by atoms with Gasteiger partial charge in [-0.2, -0.15) is 10.5 Å². The largest absolute Gasteiger partial charge is 0.397 e. The number of thioether (sulfide) groups is 1. The zero-order valence-electron chi connectivity index (χ0n) is 10.3. The lowest BCUT2D eigenvalue weighted by Crippen LogP contribution is -1.99. The third kappa shape index (κ3) is 2.27. The van der Waals surface area contributed by atoms with E-state index >= 15 is 0 Å². The van der Waals surface area contributed by atoms with Crippen LogP contribution in [0.1, 0.15) is 11.1 Å². The molecule has 0 fully saturated rings. The third-order valence-corrected chi connectivity index (χ3v) is 3.62. The molecule has 2 rings (SSSR count). The second kappa shape index (κ2) is 5.48. The normalized spacial score (nSPS) is 9.63. The quantitative estimate of drug-likeness (QED) is 0.667. The maximum Gasteiger partial charge on any atom is 0.103 e. The molecule has 0 unspecified atom stereocenters. The number of nitrogens with zero attached hydrogens (tertiary/aromatic N) is 2. The molecule has 3 nitrogen and oxygen atoms in total. The summed E-state index contributed by atoms with van der Waals surface area (Å²) in [7, 11) is 0. The minimum absolute atomic E-state index is 0.260. The van der Waals surface area contributed by atoms with Crippen LogP contribution in [0.4, 0.5) is 5.69 Å². The van der Waals surface area contributed by atoms with Crippen LogP contribution in [0.5, 0.6) is 0 Å². The number of hydrogen-bond donors (Lipinski definition) is 1. The van der Waals surface area contributed by atoms with Crippen LogP contribution in [0.25, 0.3) is 11.1 Å². The SMILES string of the molecule is CSc1cc(-c2ccccc2)c(C#N)c(N)c1C#N. The van der Waals surface area contributed by atoms with Gasteiger partial charge in [-0.25, -0.2) is 0 Å². The molecule has 0 saturated carbocycles. The van der Waals surface area contributed by atoms with Gasteiger partial charge in [0, 0.05) is 10.5 Å². The van der Waals surface area contributed by atoms with Gasteiger partial charge < -0.3 is 5.73 Å². The molecule has 0 aromatic heterocycles. The monoisotopic (exact) mass is 265 g/mol. The van der Waals surface area contributed by atoms with E-state index in [1.165, 1.54) is 11.8 Å². The number of nitrogens with two attached hydrogens (primary N) is 1. The Morgan fingerprint density at radius 3 is 2.21 bits per heavy atom. The molecule has 19 heavy (non-hydrogen) atoms. The van der Waals surface area contributed by atoms with E-state index in [1.807, 2.05) is 42.7 Å². The first-order valence-electron chi connectivity index (χ1n) is 5.59. The number of rotatable bonds is 2. The fourth-order valence-corrected chi connectivity index (χ4v) is 2.52. The first-order chi connectivity index (χ1) is 9.22. The maximum absolute atomic E-state index is 9.30. The average molecular weight is 265 g/mol. The lowest BCUT2D eigenvalue weighted by atomic mass is 9.96. The van der Waals surface area contributed by atoms with E-state index in [1.54, 1.807) is 0 Å². The van der Waals surface area contributed by atoms with Crippen LogP contribution in [0, 0.1) is 22.7 Å². The van der Waals surface area contributed by atoms with Crippen molar-refractivity contribution < 1.29 is 0 Å². The smallest absolute Gasteiger partial charge is 0.103 e. The van der Waals surface area contributed by atoms with Gasteiger partial charge in [0.1, 0.15) is 12.1 Å². The van der Waals surface area contributed by atoms with Crippen molar-refractivity contribution in [1.82, 2.24) is 0 Å². The summed E-state index contributed by atoms with van der Waals surface area (Å²) in [6.07, 6.45) is 1.89. The summed E-state index contributed by atoms with van der Waals surface area (Å²) >= 11 is 1.45. The number of anilines is 1. The zero-order valence-corrected chi connectivity index (χ0v) is 11.2. The number of hydrogen-bond acceptors (Lipinski definition) is 4. The Kier molecular flexibility index (Phi) is 3.75. The van der Waals surface area contributed by atoms with Gasteiger partial charge >= 0.3 is 0 Å². The lowest BCUT2D eigenvalue weighted by molar-refractivity contribution is 1.35. The molecule has 92 valence electrons. The molecule has 2 N–H and O–H groups in total. The maximum atomic E-state index is 9.30. The molecule has 0 atom stereocenters. The summed E-state index contributed by atoms with van der Waals surface area (Å²) in [5, 5.41) is 18.5. The van der Waals surface area contributed by atoms with Crippen molar-refractivity contribution in [3.05, 3.63) is 47.5 Å². The summed E-state index contributed by atoms with van der Waals surface area (Å²) in [5.74, 6) is 0. The first-order valence-corrected chi connectivity index (χ1v) is 6.81. The molecule has 0 radical (unpaired) electrons. The minimum atomic E-state index is 0.260. The predicted octanol–water partition coefficient (Wildman–Crippen LogP) is 3.40. The van der Waals surface area contributed by atoms with Crippen molar-refractivity contribution in [2.45, 2.75) is 4.90 Å². The molecule has 0 spiro atoms. The summed E-state index contributed by atoms with van der Waals surface area (Å²) in [4.78, 5) is 0.790. The molecule has 0 aliphatic carbocycles. The second-order valence-corrected chi connectivity index (χ2v) is 4.73. The second-order valence-electron chi connectivity index (χ2n) is 3.88. The van der Waals surface area contributed by atoms with Crippen LogP contribution in [0.2, 0.25) is 0 Å². The fraction of sp³-hybridized carbons (Fsp3) is 0.0667. The average Bonchev–Trinajstić information content (AvgIpc) is 2.47. The Balaban J connectivity index is 2.80. The Morgan fingerprint density at radius 1 is 1.05 bits per heavy atom. The number of nitriles is 2. The van der Waals surface area contributed by atoms with Gasteiger partial charge in [-0.3, -0.25) is 0 Å². The van der Waals surface area contributed by atoms with E-state index < -0.39 is 0 Å². The summed E-state index contributed by atoms with van der Waals surface area (Å²) in [6.45, 7) is 0. The van der Waals surface area contributed by atoms with E-state index in [-0.39, 0.29) is 5.69 Å². The van der Waals surface area contributed by atoms with Crippen LogP contribution in [0.3, 0.4) is 0 Å². The van der Waals surface area contributed by atoms with E-state index in [0.29, 0.717) is 11.1 Å².